The molecule has 1 N–H and O–H groups in total. The number of esters is 1. The van der Waals surface area contributed by atoms with Crippen molar-refractivity contribution in [2.45, 2.75) is 11.8 Å². The number of nitrogens with zero attached hydrogens (tertiary/aromatic N) is 2. The van der Waals surface area contributed by atoms with Gasteiger partial charge in [-0.2, -0.15) is 5.26 Å². The topological polar surface area (TPSA) is 135 Å². The van der Waals surface area contributed by atoms with E-state index in [1.165, 1.54) is 33.3 Å². The number of rotatable bonds is 10. The molecule has 2 aromatic rings. The van der Waals surface area contributed by atoms with Gasteiger partial charge in [0, 0.05) is 25.9 Å². The van der Waals surface area contributed by atoms with Crippen LogP contribution in [-0.4, -0.2) is 59.0 Å². The van der Waals surface area contributed by atoms with Crippen LogP contribution in [0.25, 0.3) is 6.08 Å². The van der Waals surface area contributed by atoms with Crippen LogP contribution in [0.4, 0.5) is 5.69 Å². The van der Waals surface area contributed by atoms with Crippen molar-refractivity contribution < 1.29 is 32.2 Å². The molecule has 0 spiro atoms. The number of benzene rings is 2. The maximum Gasteiger partial charge on any atom is 0.331 e. The number of aryl methyl sites for hydroxylation is 1. The van der Waals surface area contributed by atoms with Gasteiger partial charge in [0.1, 0.15) is 6.07 Å². The Kier molecular flexibility index (Phi) is 9.18. The minimum Gasteiger partial charge on any atom is -0.493 e. The summed E-state index contributed by atoms with van der Waals surface area (Å²) < 4.78 is 41.3. The largest absolute Gasteiger partial charge is 0.493 e. The number of hydrogen-bond donors (Lipinski definition) is 1. The van der Waals surface area contributed by atoms with Gasteiger partial charge in [-0.05, 0) is 48.4 Å². The van der Waals surface area contributed by atoms with Crippen LogP contribution >= 0.6 is 0 Å². The summed E-state index contributed by atoms with van der Waals surface area (Å²) in [7, 11) is 0.598. The van der Waals surface area contributed by atoms with Crippen LogP contribution in [0, 0.1) is 18.3 Å². The first kappa shape index (κ1) is 26.4. The molecule has 0 radical (unpaired) electrons. The van der Waals surface area contributed by atoms with Gasteiger partial charge in [-0.25, -0.2) is 17.5 Å². The molecule has 0 unspecified atom stereocenters. The summed E-state index contributed by atoms with van der Waals surface area (Å²) in [6, 6.07) is 11.2. The summed E-state index contributed by atoms with van der Waals surface area (Å²) in [6.07, 6.45) is 2.61. The second-order valence-corrected chi connectivity index (χ2v) is 9.23. The van der Waals surface area contributed by atoms with Gasteiger partial charge in [0.15, 0.2) is 24.7 Å². The van der Waals surface area contributed by atoms with Crippen LogP contribution in [0.1, 0.15) is 11.1 Å². The normalized spacial score (nSPS) is 11.2. The van der Waals surface area contributed by atoms with Crippen molar-refractivity contribution in [1.29, 1.82) is 5.26 Å². The van der Waals surface area contributed by atoms with E-state index < -0.39 is 28.5 Å². The van der Waals surface area contributed by atoms with E-state index in [1.54, 1.807) is 37.3 Å². The Bertz CT molecular complexity index is 1230. The maximum absolute atomic E-state index is 12.4. The number of hydrogen-bond acceptors (Lipinski definition) is 8. The van der Waals surface area contributed by atoms with Crippen LogP contribution in [0.3, 0.4) is 0 Å². The van der Waals surface area contributed by atoms with E-state index in [0.717, 1.165) is 10.4 Å². The Morgan fingerprint density at radius 3 is 2.53 bits per heavy atom. The SMILES string of the molecule is COc1cc(/C=C/C(=O)OCC(=O)Nc2ccc(C)c(S(=O)(=O)N(C)C)c2)ccc1OCC#N. The van der Waals surface area contributed by atoms with E-state index in [9.17, 15) is 18.0 Å². The van der Waals surface area contributed by atoms with Crippen LogP contribution in [-0.2, 0) is 24.3 Å². The van der Waals surface area contributed by atoms with Crippen molar-refractivity contribution in [3.63, 3.8) is 0 Å². The van der Waals surface area contributed by atoms with Gasteiger partial charge < -0.3 is 19.5 Å². The molecule has 0 aliphatic heterocycles. The lowest BCUT2D eigenvalue weighted by atomic mass is 10.2. The van der Waals surface area contributed by atoms with Crippen molar-refractivity contribution >= 4 is 33.7 Å². The number of nitrogens with one attached hydrogen (secondary N) is 1. The predicted octanol–water partition coefficient (Wildman–Crippen LogP) is 2.35. The second kappa shape index (κ2) is 11.8. The highest BCUT2D eigenvalue weighted by molar-refractivity contribution is 7.89. The molecule has 0 bridgehead atoms. The van der Waals surface area contributed by atoms with Crippen LogP contribution < -0.4 is 14.8 Å². The third-order valence-corrected chi connectivity index (χ3v) is 6.42. The summed E-state index contributed by atoms with van der Waals surface area (Å²) in [6.45, 7) is 0.963. The van der Waals surface area contributed by atoms with Gasteiger partial charge in [-0.15, -0.1) is 0 Å². The quantitative estimate of drug-likeness (QED) is 0.399. The molecule has 10 nitrogen and oxygen atoms in total. The van der Waals surface area contributed by atoms with Crippen molar-refractivity contribution in [3.05, 3.63) is 53.6 Å². The number of ether oxygens (including phenoxy) is 3. The third kappa shape index (κ3) is 7.06. The van der Waals surface area contributed by atoms with Crippen molar-refractivity contribution in [2.24, 2.45) is 0 Å². The first-order chi connectivity index (χ1) is 16.1. The lowest BCUT2D eigenvalue weighted by Crippen LogP contribution is -2.24. The fourth-order valence-electron chi connectivity index (χ4n) is 2.72. The van der Waals surface area contributed by atoms with Crippen LogP contribution in [0.15, 0.2) is 47.4 Å². The summed E-state index contributed by atoms with van der Waals surface area (Å²) in [4.78, 5) is 24.2. The molecule has 0 aliphatic carbocycles. The first-order valence-corrected chi connectivity index (χ1v) is 11.4. The average molecular weight is 488 g/mol. The number of methoxy groups -OCH3 is 1. The molecule has 0 aromatic heterocycles. The second-order valence-electron chi connectivity index (χ2n) is 7.11. The Morgan fingerprint density at radius 2 is 1.88 bits per heavy atom. The zero-order valence-corrected chi connectivity index (χ0v) is 20.0. The number of carbonyl (C=O) groups is 2. The maximum atomic E-state index is 12.4. The van der Waals surface area contributed by atoms with Crippen molar-refractivity contribution in [1.82, 2.24) is 4.31 Å². The molecular weight excluding hydrogens is 462 g/mol. The third-order valence-electron chi connectivity index (χ3n) is 4.47. The first-order valence-electron chi connectivity index (χ1n) is 9.94. The number of amides is 1. The summed E-state index contributed by atoms with van der Waals surface area (Å²) in [5, 5.41) is 11.1. The van der Waals surface area contributed by atoms with E-state index in [0.29, 0.717) is 22.6 Å². The molecule has 0 saturated heterocycles. The highest BCUT2D eigenvalue weighted by atomic mass is 32.2. The zero-order chi connectivity index (χ0) is 25.3. The van der Waals surface area contributed by atoms with E-state index in [2.05, 4.69) is 5.32 Å². The lowest BCUT2D eigenvalue weighted by molar-refractivity contribution is -0.142. The summed E-state index contributed by atoms with van der Waals surface area (Å²) in [5.41, 5.74) is 1.40. The molecule has 180 valence electrons. The molecule has 0 aliphatic rings. The number of sulfonamides is 1. The van der Waals surface area contributed by atoms with E-state index in [4.69, 9.17) is 19.5 Å². The average Bonchev–Trinajstić information content (AvgIpc) is 2.81. The molecule has 2 rings (SSSR count). The van der Waals surface area contributed by atoms with E-state index in [-0.39, 0.29) is 17.2 Å². The summed E-state index contributed by atoms with van der Waals surface area (Å²) >= 11 is 0. The molecule has 11 heteroatoms. The summed E-state index contributed by atoms with van der Waals surface area (Å²) in [5.74, 6) is -0.602. The molecule has 34 heavy (non-hydrogen) atoms. The van der Waals surface area contributed by atoms with Gasteiger partial charge in [0.2, 0.25) is 10.0 Å². The van der Waals surface area contributed by atoms with Crippen molar-refractivity contribution in [2.75, 3.05) is 39.7 Å². The molecule has 1 amide bonds. The fraction of sp³-hybridized carbons (Fsp3) is 0.261. The van der Waals surface area contributed by atoms with Gasteiger partial charge in [-0.3, -0.25) is 4.79 Å². The molecule has 0 heterocycles. The van der Waals surface area contributed by atoms with Gasteiger partial charge >= 0.3 is 5.97 Å². The Labute approximate surface area is 198 Å². The minimum absolute atomic E-state index is 0.0645. The highest BCUT2D eigenvalue weighted by Gasteiger charge is 2.20. The fourth-order valence-corrected chi connectivity index (χ4v) is 3.86. The van der Waals surface area contributed by atoms with Crippen molar-refractivity contribution in [3.8, 4) is 17.6 Å². The smallest absolute Gasteiger partial charge is 0.331 e. The van der Waals surface area contributed by atoms with Gasteiger partial charge in [0.05, 0.1) is 12.0 Å². The number of nitriles is 1. The molecule has 2 aromatic carbocycles. The Morgan fingerprint density at radius 1 is 1.15 bits per heavy atom. The van der Waals surface area contributed by atoms with E-state index in [1.807, 2.05) is 6.07 Å². The highest BCUT2D eigenvalue weighted by Crippen LogP contribution is 2.28. The standard InChI is InChI=1S/C23H25N3O7S/c1-16-5-8-18(14-21(16)34(29,30)26(2)3)25-22(27)15-33-23(28)10-7-17-6-9-19(32-12-11-24)20(13-17)31-4/h5-10,13-14H,12,15H2,1-4H3,(H,25,27)/b10-7+. The van der Waals surface area contributed by atoms with Gasteiger partial charge in [0.25, 0.3) is 5.91 Å². The molecular formula is C23H25N3O7S. The number of anilines is 1. The minimum atomic E-state index is -3.68. The zero-order valence-electron chi connectivity index (χ0n) is 19.2. The Balaban J connectivity index is 1.97. The lowest BCUT2D eigenvalue weighted by Gasteiger charge is -2.15. The predicted molar refractivity (Wildman–Crippen MR) is 125 cm³/mol. The molecule has 0 saturated carbocycles. The van der Waals surface area contributed by atoms with Crippen LogP contribution in [0.5, 0.6) is 11.5 Å². The van der Waals surface area contributed by atoms with Gasteiger partial charge in [-0.1, -0.05) is 12.1 Å². The van der Waals surface area contributed by atoms with E-state index >= 15 is 0 Å². The monoisotopic (exact) mass is 487 g/mol. The van der Waals surface area contributed by atoms with Crippen LogP contribution in [0.2, 0.25) is 0 Å². The molecule has 0 fully saturated rings. The Hall–Kier alpha value is -3.88. The number of carbonyl (C=O) groups excluding carboxylic acids is 2. The molecule has 0 atom stereocenters.